The summed E-state index contributed by atoms with van der Waals surface area (Å²) in [6.45, 7) is 0. The molecule has 1 heterocycles. The third kappa shape index (κ3) is 5.25. The van der Waals surface area contributed by atoms with E-state index < -0.39 is 34.7 Å². The third-order valence-corrected chi connectivity index (χ3v) is 4.32. The predicted molar refractivity (Wildman–Crippen MR) is 104 cm³/mol. The van der Waals surface area contributed by atoms with Gasteiger partial charge in [-0.1, -0.05) is 17.7 Å². The van der Waals surface area contributed by atoms with Crippen molar-refractivity contribution in [2.24, 2.45) is 0 Å². The summed E-state index contributed by atoms with van der Waals surface area (Å²) >= 11 is 5.94. The first-order valence-electron chi connectivity index (χ1n) is 8.58. The van der Waals surface area contributed by atoms with E-state index in [1.54, 1.807) is 18.2 Å². The number of alkyl halides is 6. The lowest BCUT2D eigenvalue weighted by molar-refractivity contribution is -0.274. The van der Waals surface area contributed by atoms with Crippen molar-refractivity contribution in [3.8, 4) is 11.5 Å². The van der Waals surface area contributed by atoms with Crippen molar-refractivity contribution >= 4 is 34.7 Å². The fourth-order valence-electron chi connectivity index (χ4n) is 2.68. The Kier molecular flexibility index (Phi) is 6.26. The first kappa shape index (κ1) is 23.3. The molecule has 0 bridgehead atoms. The standard InChI is InChI=1S/C19H13ClF6N4O2/c1-31-12-4-2-3-10(7-12)30(17-28-9-13(16(27)29-17)18(21,22)23)11-5-6-15(14(20)8-11)32-19(24,25)26/h2-9H,1H3,(H2,27,28,29). The maximum atomic E-state index is 13.0. The highest BCUT2D eigenvalue weighted by Crippen LogP contribution is 2.40. The molecule has 0 fully saturated rings. The number of nitrogen functional groups attached to an aromatic ring is 1. The summed E-state index contributed by atoms with van der Waals surface area (Å²) in [5.41, 5.74) is 4.68. The van der Waals surface area contributed by atoms with Gasteiger partial charge >= 0.3 is 12.5 Å². The molecule has 0 saturated heterocycles. The summed E-state index contributed by atoms with van der Waals surface area (Å²) in [6, 6.07) is 9.50. The molecule has 13 heteroatoms. The van der Waals surface area contributed by atoms with Crippen LogP contribution in [0.1, 0.15) is 5.56 Å². The molecule has 2 N–H and O–H groups in total. The number of ether oxygens (including phenoxy) is 2. The highest BCUT2D eigenvalue weighted by molar-refractivity contribution is 6.32. The predicted octanol–water partition coefficient (Wildman–Crippen LogP) is 6.11. The number of hydrogen-bond donors (Lipinski definition) is 1. The highest BCUT2D eigenvalue weighted by atomic mass is 35.5. The fraction of sp³-hybridized carbons (Fsp3) is 0.158. The van der Waals surface area contributed by atoms with Crippen LogP contribution in [-0.4, -0.2) is 23.4 Å². The fourth-order valence-corrected chi connectivity index (χ4v) is 2.89. The molecule has 0 aliphatic carbocycles. The lowest BCUT2D eigenvalue weighted by Crippen LogP contribution is -2.19. The van der Waals surface area contributed by atoms with Crippen molar-refractivity contribution in [2.75, 3.05) is 17.7 Å². The molecule has 3 aromatic rings. The number of aromatic nitrogens is 2. The number of nitrogens with zero attached hydrogens (tertiary/aromatic N) is 3. The van der Waals surface area contributed by atoms with E-state index in [1.165, 1.54) is 24.1 Å². The second-order valence-electron chi connectivity index (χ2n) is 6.17. The lowest BCUT2D eigenvalue weighted by Gasteiger charge is -2.24. The Balaban J connectivity index is 2.14. The van der Waals surface area contributed by atoms with Crippen LogP contribution in [0.4, 0.5) is 49.5 Å². The number of hydrogen-bond acceptors (Lipinski definition) is 6. The summed E-state index contributed by atoms with van der Waals surface area (Å²) in [5, 5.41) is -0.410. The molecule has 0 aliphatic heterocycles. The number of anilines is 4. The van der Waals surface area contributed by atoms with Gasteiger partial charge in [-0.15, -0.1) is 13.2 Å². The molecule has 0 radical (unpaired) electrons. The SMILES string of the molecule is COc1cccc(N(c2ccc(OC(F)(F)F)c(Cl)c2)c2ncc(C(F)(F)F)c(N)n2)c1. The topological polar surface area (TPSA) is 73.5 Å². The van der Waals surface area contributed by atoms with Crippen molar-refractivity contribution in [2.45, 2.75) is 12.5 Å². The van der Waals surface area contributed by atoms with Gasteiger partial charge in [-0.3, -0.25) is 4.90 Å². The van der Waals surface area contributed by atoms with Crippen LogP contribution in [0.25, 0.3) is 0 Å². The zero-order valence-electron chi connectivity index (χ0n) is 16.0. The van der Waals surface area contributed by atoms with E-state index in [9.17, 15) is 26.3 Å². The molecule has 6 nitrogen and oxygen atoms in total. The molecule has 0 saturated carbocycles. The second-order valence-corrected chi connectivity index (χ2v) is 6.57. The van der Waals surface area contributed by atoms with Gasteiger partial charge in [-0.2, -0.15) is 18.2 Å². The van der Waals surface area contributed by atoms with Gasteiger partial charge in [-0.25, -0.2) is 4.98 Å². The lowest BCUT2D eigenvalue weighted by atomic mass is 10.2. The summed E-state index contributed by atoms with van der Waals surface area (Å²) in [5.74, 6) is -1.40. The van der Waals surface area contributed by atoms with Crippen LogP contribution < -0.4 is 20.1 Å². The molecule has 0 atom stereocenters. The van der Waals surface area contributed by atoms with E-state index in [4.69, 9.17) is 22.1 Å². The molecular formula is C19H13ClF6N4O2. The summed E-state index contributed by atoms with van der Waals surface area (Å²) in [6.07, 6.45) is -9.24. The smallest absolute Gasteiger partial charge is 0.497 e. The van der Waals surface area contributed by atoms with E-state index in [0.29, 0.717) is 17.6 Å². The van der Waals surface area contributed by atoms with Crippen LogP contribution in [0.3, 0.4) is 0 Å². The number of nitrogens with two attached hydrogens (primary N) is 1. The molecule has 0 amide bonds. The zero-order chi connectivity index (χ0) is 23.7. The minimum absolute atomic E-state index is 0.122. The Bertz CT molecular complexity index is 1120. The molecule has 2 aromatic carbocycles. The van der Waals surface area contributed by atoms with E-state index in [-0.39, 0.29) is 11.6 Å². The molecule has 0 unspecified atom stereocenters. The van der Waals surface area contributed by atoms with Crippen LogP contribution >= 0.6 is 11.6 Å². The van der Waals surface area contributed by atoms with Gasteiger partial charge < -0.3 is 15.2 Å². The highest BCUT2D eigenvalue weighted by Gasteiger charge is 2.35. The van der Waals surface area contributed by atoms with Crippen molar-refractivity contribution in [3.05, 3.63) is 59.2 Å². The van der Waals surface area contributed by atoms with Gasteiger partial charge in [0, 0.05) is 12.3 Å². The van der Waals surface area contributed by atoms with Crippen LogP contribution in [0.15, 0.2) is 48.7 Å². The van der Waals surface area contributed by atoms with Crippen molar-refractivity contribution < 1.29 is 35.8 Å². The van der Waals surface area contributed by atoms with Gasteiger partial charge in [-0.05, 0) is 30.3 Å². The maximum Gasteiger partial charge on any atom is 0.573 e. The van der Waals surface area contributed by atoms with Crippen LogP contribution in [0, 0.1) is 0 Å². The number of rotatable bonds is 5. The Labute approximate surface area is 182 Å². The van der Waals surface area contributed by atoms with E-state index in [0.717, 1.165) is 12.1 Å². The van der Waals surface area contributed by atoms with E-state index in [2.05, 4.69) is 14.7 Å². The molecule has 0 spiro atoms. The maximum absolute atomic E-state index is 13.0. The van der Waals surface area contributed by atoms with Gasteiger partial charge in [0.25, 0.3) is 0 Å². The summed E-state index contributed by atoms with van der Waals surface area (Å²) in [4.78, 5) is 8.72. The molecule has 32 heavy (non-hydrogen) atoms. The zero-order valence-corrected chi connectivity index (χ0v) is 16.8. The number of benzene rings is 2. The Morgan fingerprint density at radius 3 is 2.25 bits per heavy atom. The number of halogens is 7. The van der Waals surface area contributed by atoms with Crippen molar-refractivity contribution in [1.29, 1.82) is 0 Å². The largest absolute Gasteiger partial charge is 0.573 e. The summed E-state index contributed by atoms with van der Waals surface area (Å²) < 4.78 is 85.8. The van der Waals surface area contributed by atoms with E-state index >= 15 is 0 Å². The third-order valence-electron chi connectivity index (χ3n) is 4.02. The van der Waals surface area contributed by atoms with Crippen LogP contribution in [-0.2, 0) is 6.18 Å². The van der Waals surface area contributed by atoms with Crippen LogP contribution in [0.5, 0.6) is 11.5 Å². The molecular weight excluding hydrogens is 466 g/mol. The van der Waals surface area contributed by atoms with Gasteiger partial charge in [0.15, 0.2) is 0 Å². The van der Waals surface area contributed by atoms with Gasteiger partial charge in [0.05, 0.1) is 23.5 Å². The minimum atomic E-state index is -4.97. The monoisotopic (exact) mass is 478 g/mol. The first-order valence-corrected chi connectivity index (χ1v) is 8.96. The second kappa shape index (κ2) is 8.61. The average molecular weight is 479 g/mol. The Morgan fingerprint density at radius 1 is 1.00 bits per heavy atom. The summed E-state index contributed by atoms with van der Waals surface area (Å²) in [7, 11) is 1.40. The molecule has 170 valence electrons. The Hall–Kier alpha value is -3.41. The quantitative estimate of drug-likeness (QED) is 0.446. The minimum Gasteiger partial charge on any atom is -0.497 e. The van der Waals surface area contributed by atoms with Crippen molar-refractivity contribution in [1.82, 2.24) is 9.97 Å². The Morgan fingerprint density at radius 2 is 1.69 bits per heavy atom. The molecule has 0 aliphatic rings. The molecule has 3 rings (SSSR count). The average Bonchev–Trinajstić information content (AvgIpc) is 2.68. The van der Waals surface area contributed by atoms with Crippen molar-refractivity contribution in [3.63, 3.8) is 0 Å². The first-order chi connectivity index (χ1) is 14.9. The van der Waals surface area contributed by atoms with Gasteiger partial charge in [0.1, 0.15) is 22.9 Å². The molecule has 1 aromatic heterocycles. The van der Waals surface area contributed by atoms with Gasteiger partial charge in [0.2, 0.25) is 5.95 Å². The number of methoxy groups -OCH3 is 1. The normalized spacial score (nSPS) is 11.9. The van der Waals surface area contributed by atoms with E-state index in [1.807, 2.05) is 0 Å². The van der Waals surface area contributed by atoms with Crippen LogP contribution in [0.2, 0.25) is 5.02 Å².